The Balaban J connectivity index is 1.63. The minimum atomic E-state index is -0.0113. The third-order valence-electron chi connectivity index (χ3n) is 4.12. The molecule has 2 aromatic heterocycles. The molecule has 6 nitrogen and oxygen atoms in total. The molecule has 23 heavy (non-hydrogen) atoms. The lowest BCUT2D eigenvalue weighted by Gasteiger charge is -2.25. The van der Waals surface area contributed by atoms with Gasteiger partial charge in [0.2, 0.25) is 5.91 Å². The second-order valence-corrected chi connectivity index (χ2v) is 7.24. The highest BCUT2D eigenvalue weighted by Gasteiger charge is 2.24. The maximum absolute atomic E-state index is 12.2. The van der Waals surface area contributed by atoms with Crippen LogP contribution in [0, 0.1) is 6.92 Å². The van der Waals surface area contributed by atoms with E-state index in [0.29, 0.717) is 17.6 Å². The second kappa shape index (κ2) is 6.41. The fraction of sp³-hybridized carbons (Fsp3) is 0.562. The molecular formula is C16H23N5OS. The summed E-state index contributed by atoms with van der Waals surface area (Å²) < 4.78 is 2.22. The van der Waals surface area contributed by atoms with Gasteiger partial charge in [0, 0.05) is 43.5 Å². The molecule has 0 radical (unpaired) electrons. The summed E-state index contributed by atoms with van der Waals surface area (Å²) in [5, 5.41) is 5.48. The van der Waals surface area contributed by atoms with Crippen molar-refractivity contribution in [1.82, 2.24) is 19.4 Å². The molecule has 0 unspecified atom stereocenters. The number of hydrogen-bond donors (Lipinski definition) is 1. The first-order chi connectivity index (χ1) is 10.9. The van der Waals surface area contributed by atoms with Crippen molar-refractivity contribution in [2.24, 2.45) is 7.05 Å². The third-order valence-corrected chi connectivity index (χ3v) is 4.99. The number of nitrogens with one attached hydrogen (secondary N) is 1. The summed E-state index contributed by atoms with van der Waals surface area (Å²) in [6.07, 6.45) is 0.940. The topological polar surface area (TPSA) is 63.1 Å². The average molecular weight is 333 g/mol. The molecule has 1 N–H and O–H groups in total. The van der Waals surface area contributed by atoms with Crippen LogP contribution in [-0.4, -0.2) is 38.4 Å². The van der Waals surface area contributed by atoms with Crippen molar-refractivity contribution in [3.8, 4) is 0 Å². The van der Waals surface area contributed by atoms with E-state index in [-0.39, 0.29) is 5.91 Å². The van der Waals surface area contributed by atoms with Crippen LogP contribution in [0.1, 0.15) is 42.7 Å². The molecule has 0 fully saturated rings. The molecular weight excluding hydrogens is 310 g/mol. The molecule has 3 rings (SSSR count). The van der Waals surface area contributed by atoms with E-state index in [4.69, 9.17) is 4.98 Å². The highest BCUT2D eigenvalue weighted by molar-refractivity contribution is 7.13. The summed E-state index contributed by atoms with van der Waals surface area (Å²) in [5.74, 6) is 1.53. The fourth-order valence-corrected chi connectivity index (χ4v) is 3.73. The average Bonchev–Trinajstić information content (AvgIpc) is 3.02. The van der Waals surface area contributed by atoms with E-state index in [1.165, 1.54) is 17.0 Å². The van der Waals surface area contributed by atoms with Gasteiger partial charge in [-0.05, 0) is 6.92 Å². The summed E-state index contributed by atoms with van der Waals surface area (Å²) >= 11 is 1.46. The minimum Gasteiger partial charge on any atom is -0.335 e. The number of anilines is 1. The summed E-state index contributed by atoms with van der Waals surface area (Å²) in [5.41, 5.74) is 3.35. The van der Waals surface area contributed by atoms with Gasteiger partial charge in [-0.25, -0.2) is 9.97 Å². The Labute approximate surface area is 140 Å². The smallest absolute Gasteiger partial charge is 0.240 e. The predicted octanol–water partition coefficient (Wildman–Crippen LogP) is 2.31. The van der Waals surface area contributed by atoms with Gasteiger partial charge < -0.3 is 9.88 Å². The van der Waals surface area contributed by atoms with Gasteiger partial charge in [-0.2, -0.15) is 0 Å². The molecule has 1 aliphatic rings. The van der Waals surface area contributed by atoms with E-state index in [1.807, 2.05) is 12.3 Å². The van der Waals surface area contributed by atoms with Gasteiger partial charge in [0.25, 0.3) is 0 Å². The van der Waals surface area contributed by atoms with Crippen LogP contribution in [0.5, 0.6) is 0 Å². The van der Waals surface area contributed by atoms with Crippen LogP contribution in [-0.2, 0) is 24.8 Å². The number of hydrogen-bond acceptors (Lipinski definition) is 5. The molecule has 0 atom stereocenters. The number of nitrogens with zero attached hydrogens (tertiary/aromatic N) is 4. The molecule has 0 saturated heterocycles. The third kappa shape index (κ3) is 3.45. The molecule has 1 aliphatic heterocycles. The maximum Gasteiger partial charge on any atom is 0.240 e. The SMILES string of the molecule is Cc1csc(NC(=O)CN2CCc3c(nc(C(C)C)n3C)C2)n1. The lowest BCUT2D eigenvalue weighted by atomic mass is 10.1. The van der Waals surface area contributed by atoms with Crippen molar-refractivity contribution in [1.29, 1.82) is 0 Å². The summed E-state index contributed by atoms with van der Waals surface area (Å²) in [4.78, 5) is 23.4. The molecule has 1 amide bonds. The Morgan fingerprint density at radius 2 is 2.22 bits per heavy atom. The van der Waals surface area contributed by atoms with Crippen molar-refractivity contribution in [3.63, 3.8) is 0 Å². The van der Waals surface area contributed by atoms with Crippen LogP contribution < -0.4 is 5.32 Å². The van der Waals surface area contributed by atoms with Crippen LogP contribution >= 0.6 is 11.3 Å². The fourth-order valence-electron chi connectivity index (χ4n) is 3.03. The Hall–Kier alpha value is -1.73. The van der Waals surface area contributed by atoms with E-state index in [0.717, 1.165) is 36.7 Å². The van der Waals surface area contributed by atoms with E-state index in [2.05, 4.69) is 40.7 Å². The lowest BCUT2D eigenvalue weighted by molar-refractivity contribution is -0.117. The van der Waals surface area contributed by atoms with Gasteiger partial charge in [-0.3, -0.25) is 9.69 Å². The van der Waals surface area contributed by atoms with E-state index in [9.17, 15) is 4.79 Å². The van der Waals surface area contributed by atoms with Gasteiger partial charge in [-0.15, -0.1) is 11.3 Å². The van der Waals surface area contributed by atoms with Crippen molar-refractivity contribution >= 4 is 22.4 Å². The van der Waals surface area contributed by atoms with E-state index in [1.54, 1.807) is 0 Å². The quantitative estimate of drug-likeness (QED) is 0.932. The van der Waals surface area contributed by atoms with E-state index < -0.39 is 0 Å². The molecule has 0 saturated carbocycles. The predicted molar refractivity (Wildman–Crippen MR) is 91.8 cm³/mol. The standard InChI is InChI=1S/C16H23N5OS/c1-10(2)15-18-12-7-21(6-5-13(12)20(15)4)8-14(22)19-16-17-11(3)9-23-16/h9-10H,5-8H2,1-4H3,(H,17,19,22). The lowest BCUT2D eigenvalue weighted by Crippen LogP contribution is -2.37. The van der Waals surface area contributed by atoms with Gasteiger partial charge in [0.05, 0.1) is 17.9 Å². The van der Waals surface area contributed by atoms with Gasteiger partial charge in [0.15, 0.2) is 5.13 Å². The van der Waals surface area contributed by atoms with Gasteiger partial charge in [0.1, 0.15) is 5.82 Å². The molecule has 3 heterocycles. The summed E-state index contributed by atoms with van der Waals surface area (Å²) in [6, 6.07) is 0. The molecule has 0 aliphatic carbocycles. The second-order valence-electron chi connectivity index (χ2n) is 6.38. The number of carbonyl (C=O) groups is 1. The Kier molecular flexibility index (Phi) is 4.50. The number of aromatic nitrogens is 3. The molecule has 7 heteroatoms. The number of carbonyl (C=O) groups excluding carboxylic acids is 1. The van der Waals surface area contributed by atoms with Crippen molar-refractivity contribution < 1.29 is 4.79 Å². The molecule has 2 aromatic rings. The van der Waals surface area contributed by atoms with Crippen LogP contribution in [0.15, 0.2) is 5.38 Å². The van der Waals surface area contributed by atoms with Crippen LogP contribution in [0.3, 0.4) is 0 Å². The Morgan fingerprint density at radius 1 is 1.43 bits per heavy atom. The van der Waals surface area contributed by atoms with Crippen LogP contribution in [0.4, 0.5) is 5.13 Å². The van der Waals surface area contributed by atoms with Gasteiger partial charge >= 0.3 is 0 Å². The molecule has 0 bridgehead atoms. The highest BCUT2D eigenvalue weighted by atomic mass is 32.1. The summed E-state index contributed by atoms with van der Waals surface area (Å²) in [7, 11) is 2.09. The zero-order valence-corrected chi connectivity index (χ0v) is 14.9. The zero-order valence-electron chi connectivity index (χ0n) is 14.1. The number of thiazole rings is 1. The van der Waals surface area contributed by atoms with Gasteiger partial charge in [-0.1, -0.05) is 13.8 Å². The maximum atomic E-state index is 12.2. The first-order valence-electron chi connectivity index (χ1n) is 7.92. The van der Waals surface area contributed by atoms with Crippen LogP contribution in [0.2, 0.25) is 0 Å². The number of amides is 1. The summed E-state index contributed by atoms with van der Waals surface area (Å²) in [6.45, 7) is 8.25. The normalized spacial score (nSPS) is 15.0. The number of rotatable bonds is 4. The number of fused-ring (bicyclic) bond motifs is 1. The van der Waals surface area contributed by atoms with Crippen molar-refractivity contribution in [2.75, 3.05) is 18.4 Å². The Bertz CT molecular complexity index is 718. The highest BCUT2D eigenvalue weighted by Crippen LogP contribution is 2.23. The van der Waals surface area contributed by atoms with Crippen molar-refractivity contribution in [2.45, 2.75) is 39.7 Å². The van der Waals surface area contributed by atoms with Crippen molar-refractivity contribution in [3.05, 3.63) is 28.3 Å². The molecule has 0 aromatic carbocycles. The monoisotopic (exact) mass is 333 g/mol. The van der Waals surface area contributed by atoms with Crippen LogP contribution in [0.25, 0.3) is 0 Å². The number of imidazole rings is 1. The number of aryl methyl sites for hydroxylation is 1. The minimum absolute atomic E-state index is 0.0113. The first kappa shape index (κ1) is 16.1. The largest absolute Gasteiger partial charge is 0.335 e. The molecule has 124 valence electrons. The zero-order chi connectivity index (χ0) is 16.6. The first-order valence-corrected chi connectivity index (χ1v) is 8.80. The van der Waals surface area contributed by atoms with E-state index >= 15 is 0 Å². The Morgan fingerprint density at radius 3 is 2.87 bits per heavy atom. The molecule has 0 spiro atoms.